The molecule has 0 aromatic heterocycles. The Morgan fingerprint density at radius 1 is 0.700 bits per heavy atom. The van der Waals surface area contributed by atoms with Crippen LogP contribution in [0.2, 0.25) is 4.71 Å². The molecule has 0 N–H and O–H groups in total. The molecule has 0 amide bonds. The first-order valence-electron chi connectivity index (χ1n) is 4.65. The third-order valence-corrected chi connectivity index (χ3v) is 3.80. The van der Waals surface area contributed by atoms with Gasteiger partial charge in [-0.25, -0.2) is 0 Å². The van der Waals surface area contributed by atoms with Crippen molar-refractivity contribution in [3.8, 4) is 0 Å². The Hall–Kier alpha value is 0.558. The van der Waals surface area contributed by atoms with Gasteiger partial charge in [0.2, 0.25) is 0 Å². The van der Waals surface area contributed by atoms with Crippen LogP contribution in [0.3, 0.4) is 0 Å². The van der Waals surface area contributed by atoms with E-state index in [2.05, 4.69) is 0 Å². The van der Waals surface area contributed by atoms with Crippen molar-refractivity contribution in [2.75, 3.05) is 0 Å². The fourth-order valence-electron chi connectivity index (χ4n) is 1.66. The molecule has 1 rings (SSSR count). The Balaban J connectivity index is 2.15. The molecule has 60 valence electrons. The molecule has 0 nitrogen and oxygen atoms in total. The van der Waals surface area contributed by atoms with Gasteiger partial charge in [-0.2, -0.15) is 0 Å². The van der Waals surface area contributed by atoms with Gasteiger partial charge in [0.05, 0.1) is 0 Å². The molecule has 0 radical (unpaired) electrons. The average molecular weight is 202 g/mol. The Morgan fingerprint density at radius 3 is 1.60 bits per heavy atom. The number of rotatable bonds is 0. The summed E-state index contributed by atoms with van der Waals surface area (Å²) in [7, 11) is 0. The van der Waals surface area contributed by atoms with Crippen molar-refractivity contribution in [1.82, 2.24) is 0 Å². The summed E-state index contributed by atoms with van der Waals surface area (Å²) in [6.45, 7) is 0. The van der Waals surface area contributed by atoms with Crippen LogP contribution in [0.15, 0.2) is 0 Å². The molecule has 0 aromatic rings. The minimum absolute atomic E-state index is 1.07. The van der Waals surface area contributed by atoms with E-state index in [0.29, 0.717) is 0 Å². The summed E-state index contributed by atoms with van der Waals surface area (Å²) in [5, 5.41) is 0. The zero-order chi connectivity index (χ0) is 7.23. The second-order valence-electron chi connectivity index (χ2n) is 3.46. The summed E-state index contributed by atoms with van der Waals surface area (Å²) >= 11 is 1.97. The van der Waals surface area contributed by atoms with Crippen molar-refractivity contribution in [2.24, 2.45) is 0 Å². The SMILES string of the molecule is [AsH2]C1CCCCCCCC1. The quantitative estimate of drug-likeness (QED) is 0.529. The van der Waals surface area contributed by atoms with Crippen LogP contribution in [0, 0.1) is 0 Å². The van der Waals surface area contributed by atoms with E-state index in [1.807, 2.05) is 16.9 Å². The van der Waals surface area contributed by atoms with E-state index in [1.54, 1.807) is 0 Å². The first kappa shape index (κ1) is 8.65. The standard InChI is InChI=1S/C9H19As/c10-9-7-5-3-1-2-4-6-8-9/h9H,1-8,10H2. The van der Waals surface area contributed by atoms with Gasteiger partial charge in [-0.05, 0) is 0 Å². The summed E-state index contributed by atoms with van der Waals surface area (Å²) in [6, 6.07) is 0. The fourth-order valence-corrected chi connectivity index (χ4v) is 2.65. The van der Waals surface area contributed by atoms with Crippen LogP contribution in [-0.4, -0.2) is 16.9 Å². The summed E-state index contributed by atoms with van der Waals surface area (Å²) in [4.78, 5) is 0. The fraction of sp³-hybridized carbons (Fsp3) is 1.00. The van der Waals surface area contributed by atoms with Crippen molar-refractivity contribution >= 4 is 16.9 Å². The van der Waals surface area contributed by atoms with Crippen LogP contribution >= 0.6 is 0 Å². The van der Waals surface area contributed by atoms with Crippen molar-refractivity contribution < 1.29 is 0 Å². The first-order valence-corrected chi connectivity index (χ1v) is 6.05. The van der Waals surface area contributed by atoms with Gasteiger partial charge in [-0.3, -0.25) is 0 Å². The van der Waals surface area contributed by atoms with E-state index in [9.17, 15) is 0 Å². The predicted octanol–water partition coefficient (Wildman–Crippen LogP) is 2.54. The molecule has 0 aliphatic heterocycles. The molecular weight excluding hydrogens is 183 g/mol. The van der Waals surface area contributed by atoms with Crippen LogP contribution in [0.1, 0.15) is 51.4 Å². The topological polar surface area (TPSA) is 0 Å². The molecule has 0 heterocycles. The first-order chi connectivity index (χ1) is 4.89. The molecule has 10 heavy (non-hydrogen) atoms. The van der Waals surface area contributed by atoms with Gasteiger partial charge >= 0.3 is 72.9 Å². The third-order valence-electron chi connectivity index (χ3n) is 2.40. The Morgan fingerprint density at radius 2 is 1.10 bits per heavy atom. The minimum atomic E-state index is 1.07. The molecule has 1 fully saturated rings. The van der Waals surface area contributed by atoms with E-state index < -0.39 is 0 Å². The molecule has 1 heteroatoms. The van der Waals surface area contributed by atoms with Crippen LogP contribution in [0.25, 0.3) is 0 Å². The van der Waals surface area contributed by atoms with E-state index >= 15 is 0 Å². The van der Waals surface area contributed by atoms with Crippen LogP contribution in [0.4, 0.5) is 0 Å². The second kappa shape index (κ2) is 5.24. The monoisotopic (exact) mass is 202 g/mol. The van der Waals surface area contributed by atoms with Gasteiger partial charge in [0.15, 0.2) is 0 Å². The zero-order valence-corrected chi connectivity index (χ0v) is 9.23. The summed E-state index contributed by atoms with van der Waals surface area (Å²) in [5.74, 6) is 0. The molecule has 1 aliphatic rings. The van der Waals surface area contributed by atoms with Crippen LogP contribution < -0.4 is 0 Å². The van der Waals surface area contributed by atoms with E-state index in [4.69, 9.17) is 0 Å². The molecule has 1 aliphatic carbocycles. The molecule has 0 aromatic carbocycles. The predicted molar refractivity (Wildman–Crippen MR) is 49.2 cm³/mol. The molecule has 0 spiro atoms. The van der Waals surface area contributed by atoms with Crippen molar-refractivity contribution in [3.63, 3.8) is 0 Å². The average Bonchev–Trinajstić information content (AvgIpc) is 2.02. The Bertz CT molecular complexity index is 70.8. The maximum atomic E-state index is 1.97. The molecular formula is C9H19As. The maximum absolute atomic E-state index is 1.97. The van der Waals surface area contributed by atoms with Crippen LogP contribution in [0.5, 0.6) is 0 Å². The number of hydrogen-bond acceptors (Lipinski definition) is 0. The van der Waals surface area contributed by atoms with Gasteiger partial charge in [0.1, 0.15) is 0 Å². The van der Waals surface area contributed by atoms with Gasteiger partial charge < -0.3 is 0 Å². The molecule has 0 bridgehead atoms. The number of hydrogen-bond donors (Lipinski definition) is 0. The van der Waals surface area contributed by atoms with Crippen molar-refractivity contribution in [1.29, 1.82) is 0 Å². The summed E-state index contributed by atoms with van der Waals surface area (Å²) in [5.41, 5.74) is 0. The zero-order valence-electron chi connectivity index (χ0n) is 6.81. The van der Waals surface area contributed by atoms with Gasteiger partial charge in [0, 0.05) is 0 Å². The third kappa shape index (κ3) is 3.66. The molecule has 1 saturated carbocycles. The van der Waals surface area contributed by atoms with E-state index in [-0.39, 0.29) is 0 Å². The van der Waals surface area contributed by atoms with Gasteiger partial charge in [0.25, 0.3) is 0 Å². The summed E-state index contributed by atoms with van der Waals surface area (Å²) < 4.78 is 1.07. The Labute approximate surface area is 73.3 Å². The van der Waals surface area contributed by atoms with Crippen molar-refractivity contribution in [3.05, 3.63) is 0 Å². The van der Waals surface area contributed by atoms with Crippen molar-refractivity contribution in [2.45, 2.75) is 56.1 Å². The van der Waals surface area contributed by atoms with E-state index in [1.165, 1.54) is 51.4 Å². The second-order valence-corrected chi connectivity index (χ2v) is 5.44. The van der Waals surface area contributed by atoms with Gasteiger partial charge in [-0.1, -0.05) is 0 Å². The Kier molecular flexibility index (Phi) is 4.53. The summed E-state index contributed by atoms with van der Waals surface area (Å²) in [6.07, 6.45) is 12.0. The van der Waals surface area contributed by atoms with E-state index in [0.717, 1.165) is 4.71 Å². The molecule has 1 unspecified atom stereocenters. The molecule has 1 atom stereocenters. The van der Waals surface area contributed by atoms with Crippen LogP contribution in [-0.2, 0) is 0 Å². The normalized spacial score (nSPS) is 24.9. The molecule has 0 saturated heterocycles. The van der Waals surface area contributed by atoms with Gasteiger partial charge in [-0.15, -0.1) is 0 Å².